The average molecular weight is 219 g/mol. The van der Waals surface area contributed by atoms with Crippen molar-refractivity contribution in [3.63, 3.8) is 0 Å². The summed E-state index contributed by atoms with van der Waals surface area (Å²) in [6.07, 6.45) is 3.87. The number of nitrogens with two attached hydrogens (primary N) is 1. The Kier molecular flexibility index (Phi) is 7.70. The van der Waals surface area contributed by atoms with Crippen LogP contribution in [0.3, 0.4) is 0 Å². The van der Waals surface area contributed by atoms with Gasteiger partial charge in [0.05, 0.1) is 0 Å². The zero-order chi connectivity index (χ0) is 11.0. The highest BCUT2D eigenvalue weighted by Crippen LogP contribution is 2.08. The summed E-state index contributed by atoms with van der Waals surface area (Å²) in [7, 11) is 2.08. The lowest BCUT2D eigenvalue weighted by Crippen LogP contribution is -2.35. The van der Waals surface area contributed by atoms with E-state index in [9.17, 15) is 0 Å². The Bertz CT molecular complexity index is 175. The maximum absolute atomic E-state index is 8.39. The van der Waals surface area contributed by atoms with Crippen LogP contribution in [0.25, 0.3) is 0 Å². The van der Waals surface area contributed by atoms with Gasteiger partial charge >= 0.3 is 0 Å². The van der Waals surface area contributed by atoms with Crippen molar-refractivity contribution in [1.29, 1.82) is 0 Å². The Morgan fingerprint density at radius 3 is 2.71 bits per heavy atom. The standard InChI is InChI=1S/C9H21N3OS/c1-4-8(7-14-3)12(2)6-5-9(10)11-13/h8,13H,4-7H2,1-3H3,(H2,10,11). The molecule has 4 nitrogen and oxygen atoms in total. The van der Waals surface area contributed by atoms with Crippen molar-refractivity contribution >= 4 is 17.6 Å². The van der Waals surface area contributed by atoms with E-state index in [-0.39, 0.29) is 0 Å². The minimum Gasteiger partial charge on any atom is -0.409 e. The number of oxime groups is 1. The molecule has 84 valence electrons. The zero-order valence-corrected chi connectivity index (χ0v) is 10.0. The SMILES string of the molecule is CCC(CSC)N(C)CCC(N)=NO. The molecular formula is C9H21N3OS. The summed E-state index contributed by atoms with van der Waals surface area (Å²) in [5.74, 6) is 1.43. The summed E-state index contributed by atoms with van der Waals surface area (Å²) in [6, 6.07) is 0.580. The van der Waals surface area contributed by atoms with E-state index < -0.39 is 0 Å². The highest BCUT2D eigenvalue weighted by molar-refractivity contribution is 7.98. The van der Waals surface area contributed by atoms with Crippen LogP contribution in [0, 0.1) is 0 Å². The van der Waals surface area contributed by atoms with Gasteiger partial charge in [-0.25, -0.2) is 0 Å². The van der Waals surface area contributed by atoms with Crippen LogP contribution in [0.5, 0.6) is 0 Å². The molecule has 14 heavy (non-hydrogen) atoms. The van der Waals surface area contributed by atoms with Gasteiger partial charge in [-0.1, -0.05) is 12.1 Å². The second-order valence-corrected chi connectivity index (χ2v) is 4.25. The number of hydrogen-bond donors (Lipinski definition) is 2. The summed E-state index contributed by atoms with van der Waals surface area (Å²) >= 11 is 1.85. The molecule has 0 bridgehead atoms. The third-order valence-corrected chi connectivity index (χ3v) is 3.02. The van der Waals surface area contributed by atoms with E-state index in [4.69, 9.17) is 10.9 Å². The van der Waals surface area contributed by atoms with Gasteiger partial charge in [0.25, 0.3) is 0 Å². The first-order valence-corrected chi connectivity index (χ1v) is 6.20. The summed E-state index contributed by atoms with van der Waals surface area (Å²) in [5.41, 5.74) is 5.40. The molecule has 0 fully saturated rings. The molecule has 0 aromatic rings. The molecule has 0 saturated heterocycles. The molecule has 0 radical (unpaired) electrons. The van der Waals surface area contributed by atoms with Crippen molar-refractivity contribution < 1.29 is 5.21 Å². The van der Waals surface area contributed by atoms with Crippen molar-refractivity contribution in [2.24, 2.45) is 10.9 Å². The first-order valence-electron chi connectivity index (χ1n) is 4.81. The van der Waals surface area contributed by atoms with Gasteiger partial charge < -0.3 is 15.8 Å². The van der Waals surface area contributed by atoms with Crippen LogP contribution in [-0.2, 0) is 0 Å². The predicted octanol–water partition coefficient (Wildman–Crippen LogP) is 1.20. The Morgan fingerprint density at radius 2 is 2.29 bits per heavy atom. The fourth-order valence-electron chi connectivity index (χ4n) is 1.27. The molecule has 1 atom stereocenters. The topological polar surface area (TPSA) is 61.8 Å². The Labute approximate surface area is 90.5 Å². The second kappa shape index (κ2) is 7.94. The lowest BCUT2D eigenvalue weighted by molar-refractivity contribution is 0.260. The number of nitrogens with zero attached hydrogens (tertiary/aromatic N) is 2. The lowest BCUT2D eigenvalue weighted by Gasteiger charge is -2.26. The van der Waals surface area contributed by atoms with Gasteiger partial charge in [0.15, 0.2) is 0 Å². The van der Waals surface area contributed by atoms with Crippen LogP contribution in [0.4, 0.5) is 0 Å². The van der Waals surface area contributed by atoms with Gasteiger partial charge in [-0.3, -0.25) is 0 Å². The van der Waals surface area contributed by atoms with E-state index in [1.54, 1.807) is 0 Å². The molecule has 1 unspecified atom stereocenters. The lowest BCUT2D eigenvalue weighted by atomic mass is 10.2. The van der Waals surface area contributed by atoms with E-state index in [2.05, 4.69) is 30.3 Å². The molecule has 0 aromatic heterocycles. The largest absolute Gasteiger partial charge is 0.409 e. The number of rotatable bonds is 7. The molecule has 0 rings (SSSR count). The van der Waals surface area contributed by atoms with E-state index in [0.717, 1.165) is 18.7 Å². The van der Waals surface area contributed by atoms with Gasteiger partial charge in [0.2, 0.25) is 0 Å². The van der Waals surface area contributed by atoms with E-state index >= 15 is 0 Å². The van der Waals surface area contributed by atoms with Crippen LogP contribution in [-0.4, -0.2) is 47.6 Å². The normalized spacial score (nSPS) is 14.7. The first-order chi connectivity index (χ1) is 6.65. The van der Waals surface area contributed by atoms with Crippen molar-refractivity contribution in [3.8, 4) is 0 Å². The number of amidine groups is 1. The van der Waals surface area contributed by atoms with Crippen molar-refractivity contribution in [2.45, 2.75) is 25.8 Å². The number of hydrogen-bond acceptors (Lipinski definition) is 4. The van der Waals surface area contributed by atoms with Crippen LogP contribution >= 0.6 is 11.8 Å². The molecule has 0 aliphatic rings. The zero-order valence-electron chi connectivity index (χ0n) is 9.23. The van der Waals surface area contributed by atoms with E-state index in [1.807, 2.05) is 11.8 Å². The molecule has 0 saturated carbocycles. The minimum atomic E-state index is 0.302. The molecule has 0 aliphatic carbocycles. The number of thioether (sulfide) groups is 1. The van der Waals surface area contributed by atoms with Gasteiger partial charge in [-0.15, -0.1) is 0 Å². The monoisotopic (exact) mass is 219 g/mol. The Morgan fingerprint density at radius 1 is 1.64 bits per heavy atom. The smallest absolute Gasteiger partial charge is 0.140 e. The van der Waals surface area contributed by atoms with Crippen LogP contribution in [0.15, 0.2) is 5.16 Å². The quantitative estimate of drug-likeness (QED) is 0.292. The maximum Gasteiger partial charge on any atom is 0.140 e. The van der Waals surface area contributed by atoms with Gasteiger partial charge in [0, 0.05) is 24.8 Å². The fraction of sp³-hybridized carbons (Fsp3) is 0.889. The molecule has 3 N–H and O–H groups in total. The predicted molar refractivity (Wildman–Crippen MR) is 63.1 cm³/mol. The summed E-state index contributed by atoms with van der Waals surface area (Å²) in [5, 5.41) is 11.3. The average Bonchev–Trinajstić information content (AvgIpc) is 2.21. The van der Waals surface area contributed by atoms with Crippen molar-refractivity contribution in [3.05, 3.63) is 0 Å². The minimum absolute atomic E-state index is 0.302. The van der Waals surface area contributed by atoms with Gasteiger partial charge in [-0.05, 0) is 19.7 Å². The highest BCUT2D eigenvalue weighted by atomic mass is 32.2. The molecule has 0 aliphatic heterocycles. The van der Waals surface area contributed by atoms with Gasteiger partial charge in [0.1, 0.15) is 5.84 Å². The first kappa shape index (κ1) is 13.6. The summed E-state index contributed by atoms with van der Waals surface area (Å²) in [4.78, 5) is 2.26. The third-order valence-electron chi connectivity index (χ3n) is 2.30. The Hall–Kier alpha value is -0.420. The van der Waals surface area contributed by atoms with Crippen molar-refractivity contribution in [1.82, 2.24) is 4.90 Å². The molecule has 0 spiro atoms. The molecule has 5 heteroatoms. The molecule has 0 heterocycles. The second-order valence-electron chi connectivity index (χ2n) is 3.34. The van der Waals surface area contributed by atoms with Crippen LogP contribution in [0.2, 0.25) is 0 Å². The molecule has 0 amide bonds. The van der Waals surface area contributed by atoms with E-state index in [0.29, 0.717) is 18.3 Å². The summed E-state index contributed by atoms with van der Waals surface area (Å²) < 4.78 is 0. The summed E-state index contributed by atoms with van der Waals surface area (Å²) in [6.45, 7) is 3.02. The van der Waals surface area contributed by atoms with Crippen molar-refractivity contribution in [2.75, 3.05) is 25.6 Å². The van der Waals surface area contributed by atoms with E-state index in [1.165, 1.54) is 0 Å². The molecule has 0 aromatic carbocycles. The third kappa shape index (κ3) is 5.34. The maximum atomic E-state index is 8.39. The molecular weight excluding hydrogens is 198 g/mol. The van der Waals surface area contributed by atoms with Crippen LogP contribution < -0.4 is 5.73 Å². The van der Waals surface area contributed by atoms with Gasteiger partial charge in [-0.2, -0.15) is 11.8 Å². The highest BCUT2D eigenvalue weighted by Gasteiger charge is 2.11. The van der Waals surface area contributed by atoms with Crippen LogP contribution in [0.1, 0.15) is 19.8 Å². The Balaban J connectivity index is 3.85. The fourth-order valence-corrected chi connectivity index (χ4v) is 2.15.